The molecular weight excluding hydrogens is 250 g/mol. The van der Waals surface area contributed by atoms with Gasteiger partial charge in [0.2, 0.25) is 5.88 Å². The molecule has 0 bridgehead atoms. The second kappa shape index (κ2) is 6.89. The van der Waals surface area contributed by atoms with E-state index in [4.69, 9.17) is 14.9 Å². The lowest BCUT2D eigenvalue weighted by Crippen LogP contribution is -2.32. The van der Waals surface area contributed by atoms with Crippen LogP contribution in [-0.4, -0.2) is 44.9 Å². The zero-order valence-electron chi connectivity index (χ0n) is 11.1. The molecule has 0 aliphatic carbocycles. The average Bonchev–Trinajstić information content (AvgIpc) is 2.34. The molecule has 19 heavy (non-hydrogen) atoms. The molecule has 1 heterocycles. The fraction of sp³-hybridized carbons (Fsp3) is 0.583. The lowest BCUT2D eigenvalue weighted by molar-refractivity contribution is -0.137. The van der Waals surface area contributed by atoms with Crippen molar-refractivity contribution in [1.82, 2.24) is 9.97 Å². The van der Waals surface area contributed by atoms with E-state index in [1.165, 1.54) is 12.4 Å². The summed E-state index contributed by atoms with van der Waals surface area (Å²) < 4.78 is 5.15. The maximum atomic E-state index is 10.6. The van der Waals surface area contributed by atoms with Gasteiger partial charge in [-0.2, -0.15) is 4.98 Å². The SMILES string of the molecule is CC(C)(CCC(=O)O)Nc1cncc(OCCO)n1. The summed E-state index contributed by atoms with van der Waals surface area (Å²) in [5.74, 6) is -0.0140. The Morgan fingerprint density at radius 1 is 1.47 bits per heavy atom. The van der Waals surface area contributed by atoms with Crippen LogP contribution in [0.3, 0.4) is 0 Å². The highest BCUT2D eigenvalue weighted by molar-refractivity contribution is 5.66. The minimum atomic E-state index is -0.832. The molecule has 0 unspecified atom stereocenters. The number of hydrogen-bond acceptors (Lipinski definition) is 6. The van der Waals surface area contributed by atoms with Gasteiger partial charge in [0.05, 0.1) is 19.0 Å². The normalized spacial score (nSPS) is 11.1. The number of ether oxygens (including phenoxy) is 1. The molecule has 1 aromatic rings. The molecule has 0 spiro atoms. The smallest absolute Gasteiger partial charge is 0.303 e. The van der Waals surface area contributed by atoms with Crippen molar-refractivity contribution in [3.63, 3.8) is 0 Å². The molecule has 0 atom stereocenters. The van der Waals surface area contributed by atoms with Crippen LogP contribution in [0, 0.1) is 0 Å². The number of carboxylic acids is 1. The second-order valence-electron chi connectivity index (χ2n) is 4.72. The van der Waals surface area contributed by atoms with Gasteiger partial charge in [-0.25, -0.2) is 0 Å². The van der Waals surface area contributed by atoms with E-state index >= 15 is 0 Å². The van der Waals surface area contributed by atoms with Gasteiger partial charge in [-0.05, 0) is 20.3 Å². The maximum absolute atomic E-state index is 10.6. The Labute approximate surface area is 111 Å². The molecule has 1 rings (SSSR count). The highest BCUT2D eigenvalue weighted by Gasteiger charge is 2.19. The van der Waals surface area contributed by atoms with E-state index in [0.29, 0.717) is 18.1 Å². The van der Waals surface area contributed by atoms with Gasteiger partial charge < -0.3 is 20.3 Å². The fourth-order valence-corrected chi connectivity index (χ4v) is 1.46. The average molecular weight is 269 g/mol. The molecule has 1 aromatic heterocycles. The van der Waals surface area contributed by atoms with Gasteiger partial charge in [-0.3, -0.25) is 9.78 Å². The third kappa shape index (κ3) is 6.01. The molecule has 0 fully saturated rings. The molecule has 0 saturated carbocycles. The summed E-state index contributed by atoms with van der Waals surface area (Å²) in [5.41, 5.74) is -0.414. The predicted octanol–water partition coefficient (Wildman–Crippen LogP) is 0.903. The van der Waals surface area contributed by atoms with Gasteiger partial charge in [0.1, 0.15) is 12.4 Å². The predicted molar refractivity (Wildman–Crippen MR) is 69.2 cm³/mol. The Morgan fingerprint density at radius 3 is 2.84 bits per heavy atom. The number of aliphatic carboxylic acids is 1. The van der Waals surface area contributed by atoms with Crippen molar-refractivity contribution in [2.75, 3.05) is 18.5 Å². The molecule has 3 N–H and O–H groups in total. The third-order valence-corrected chi connectivity index (χ3v) is 2.38. The van der Waals surface area contributed by atoms with Gasteiger partial charge in [-0.1, -0.05) is 0 Å². The number of anilines is 1. The molecule has 0 aliphatic rings. The van der Waals surface area contributed by atoms with Gasteiger partial charge in [-0.15, -0.1) is 0 Å². The van der Waals surface area contributed by atoms with E-state index in [1.807, 2.05) is 13.8 Å². The van der Waals surface area contributed by atoms with Crippen molar-refractivity contribution >= 4 is 11.8 Å². The first-order valence-electron chi connectivity index (χ1n) is 5.98. The Kier molecular flexibility index (Phi) is 5.50. The van der Waals surface area contributed by atoms with Gasteiger partial charge in [0.25, 0.3) is 0 Å². The summed E-state index contributed by atoms with van der Waals surface area (Å²) in [7, 11) is 0. The van der Waals surface area contributed by atoms with E-state index in [2.05, 4.69) is 15.3 Å². The number of carbonyl (C=O) groups is 1. The summed E-state index contributed by atoms with van der Waals surface area (Å²) in [6.45, 7) is 3.84. The van der Waals surface area contributed by atoms with Crippen LogP contribution in [0.25, 0.3) is 0 Å². The molecule has 7 nitrogen and oxygen atoms in total. The van der Waals surface area contributed by atoms with E-state index in [-0.39, 0.29) is 19.6 Å². The molecule has 0 aromatic carbocycles. The zero-order valence-corrected chi connectivity index (χ0v) is 11.1. The van der Waals surface area contributed by atoms with E-state index in [1.54, 1.807) is 0 Å². The monoisotopic (exact) mass is 269 g/mol. The van der Waals surface area contributed by atoms with Gasteiger partial charge in [0, 0.05) is 12.0 Å². The maximum Gasteiger partial charge on any atom is 0.303 e. The Hall–Kier alpha value is -1.89. The van der Waals surface area contributed by atoms with Crippen LogP contribution in [0.15, 0.2) is 12.4 Å². The van der Waals surface area contributed by atoms with Gasteiger partial charge in [0.15, 0.2) is 0 Å². The summed E-state index contributed by atoms with van der Waals surface area (Å²) in [4.78, 5) is 18.7. The summed E-state index contributed by atoms with van der Waals surface area (Å²) in [5, 5.41) is 20.5. The standard InChI is InChI=1S/C12H19N3O4/c1-12(2,4-3-11(17)18)15-9-7-13-8-10(14-9)19-6-5-16/h7-8,16H,3-6H2,1-2H3,(H,14,15)(H,17,18). The van der Waals surface area contributed by atoms with Crippen LogP contribution in [0.5, 0.6) is 5.88 Å². The van der Waals surface area contributed by atoms with Crippen molar-refractivity contribution in [2.24, 2.45) is 0 Å². The quantitative estimate of drug-likeness (QED) is 0.644. The first-order valence-corrected chi connectivity index (χ1v) is 5.98. The van der Waals surface area contributed by atoms with E-state index < -0.39 is 11.5 Å². The van der Waals surface area contributed by atoms with E-state index in [9.17, 15) is 4.79 Å². The van der Waals surface area contributed by atoms with Crippen LogP contribution in [0.2, 0.25) is 0 Å². The van der Waals surface area contributed by atoms with Crippen molar-refractivity contribution < 1.29 is 19.7 Å². The third-order valence-electron chi connectivity index (χ3n) is 2.38. The molecule has 0 radical (unpaired) electrons. The van der Waals surface area contributed by atoms with Crippen molar-refractivity contribution in [3.8, 4) is 5.88 Å². The number of nitrogens with zero attached hydrogens (tertiary/aromatic N) is 2. The number of hydrogen-bond donors (Lipinski definition) is 3. The molecular formula is C12H19N3O4. The van der Waals surface area contributed by atoms with Crippen LogP contribution in [0.1, 0.15) is 26.7 Å². The molecule has 106 valence electrons. The van der Waals surface area contributed by atoms with Crippen LogP contribution < -0.4 is 10.1 Å². The minimum Gasteiger partial charge on any atom is -0.481 e. The number of aliphatic hydroxyl groups is 1. The lowest BCUT2D eigenvalue weighted by Gasteiger charge is -2.26. The number of rotatable bonds is 8. The van der Waals surface area contributed by atoms with Gasteiger partial charge >= 0.3 is 5.97 Å². The Bertz CT molecular complexity index is 423. The molecule has 0 saturated heterocycles. The largest absolute Gasteiger partial charge is 0.481 e. The molecule has 7 heteroatoms. The van der Waals surface area contributed by atoms with E-state index in [0.717, 1.165) is 0 Å². The van der Waals surface area contributed by atoms with Crippen molar-refractivity contribution in [1.29, 1.82) is 0 Å². The van der Waals surface area contributed by atoms with Crippen molar-refractivity contribution in [3.05, 3.63) is 12.4 Å². The number of nitrogens with one attached hydrogen (secondary N) is 1. The number of aromatic nitrogens is 2. The van der Waals surface area contributed by atoms with Crippen LogP contribution in [-0.2, 0) is 4.79 Å². The highest BCUT2D eigenvalue weighted by atomic mass is 16.5. The first kappa shape index (κ1) is 15.2. The lowest BCUT2D eigenvalue weighted by atomic mass is 9.98. The second-order valence-corrected chi connectivity index (χ2v) is 4.72. The number of carboxylic acid groups (broad SMARTS) is 1. The topological polar surface area (TPSA) is 105 Å². The van der Waals surface area contributed by atoms with Crippen LogP contribution >= 0.6 is 0 Å². The minimum absolute atomic E-state index is 0.0775. The first-order chi connectivity index (χ1) is 8.93. The summed E-state index contributed by atoms with van der Waals surface area (Å²) in [6.07, 6.45) is 3.53. The summed E-state index contributed by atoms with van der Waals surface area (Å²) in [6, 6.07) is 0. The Morgan fingerprint density at radius 2 is 2.21 bits per heavy atom. The zero-order chi connectivity index (χ0) is 14.3. The summed E-state index contributed by atoms with van der Waals surface area (Å²) >= 11 is 0. The van der Waals surface area contributed by atoms with Crippen molar-refractivity contribution in [2.45, 2.75) is 32.2 Å². The number of aliphatic hydroxyl groups excluding tert-OH is 1. The molecule has 0 aliphatic heterocycles. The highest BCUT2D eigenvalue weighted by Crippen LogP contribution is 2.19. The molecule has 0 amide bonds. The Balaban J connectivity index is 2.62. The van der Waals surface area contributed by atoms with Crippen LogP contribution in [0.4, 0.5) is 5.82 Å². The fourth-order valence-electron chi connectivity index (χ4n) is 1.46.